The van der Waals surface area contributed by atoms with E-state index in [9.17, 15) is 0 Å². The van der Waals surface area contributed by atoms with Gasteiger partial charge in [-0.3, -0.25) is 0 Å². The highest BCUT2D eigenvalue weighted by atomic mass is 16.7. The van der Waals surface area contributed by atoms with Crippen LogP contribution < -0.4 is 0 Å². The first-order valence-corrected chi connectivity index (χ1v) is 6.81. The van der Waals surface area contributed by atoms with Gasteiger partial charge in [-0.25, -0.2) is 0 Å². The predicted octanol–water partition coefficient (Wildman–Crippen LogP) is 3.89. The van der Waals surface area contributed by atoms with Crippen LogP contribution in [0.4, 0.5) is 0 Å². The lowest BCUT2D eigenvalue weighted by Crippen LogP contribution is -2.46. The molecule has 2 heteroatoms. The molecule has 1 aliphatic carbocycles. The lowest BCUT2D eigenvalue weighted by molar-refractivity contribution is -0.308. The fraction of sp³-hybridized carbons (Fsp3) is 1.00. The second-order valence-electron chi connectivity index (χ2n) is 6.61. The Bertz CT molecular complexity index is 218. The van der Waals surface area contributed by atoms with Crippen LogP contribution in [0.2, 0.25) is 0 Å². The summed E-state index contributed by atoms with van der Waals surface area (Å²) in [6.07, 6.45) is 8.72. The largest absolute Gasteiger partial charge is 0.350 e. The van der Waals surface area contributed by atoms with E-state index in [1.54, 1.807) is 0 Å². The third-order valence-corrected chi connectivity index (χ3v) is 3.64. The van der Waals surface area contributed by atoms with Crippen LogP contribution in [-0.2, 0) is 9.47 Å². The average Bonchev–Trinajstić information content (AvgIpc) is 2.16. The molecule has 1 spiro atoms. The van der Waals surface area contributed by atoms with E-state index in [0.717, 1.165) is 32.3 Å². The van der Waals surface area contributed by atoms with E-state index in [0.29, 0.717) is 11.5 Å². The average molecular weight is 226 g/mol. The SMILES string of the molecule is CC(C)(C)CC1CCOC2(CCCCC2)O1. The van der Waals surface area contributed by atoms with Crippen molar-refractivity contribution >= 4 is 0 Å². The molecule has 94 valence electrons. The van der Waals surface area contributed by atoms with Crippen molar-refractivity contribution in [1.29, 1.82) is 0 Å². The molecule has 2 nitrogen and oxygen atoms in total. The van der Waals surface area contributed by atoms with E-state index < -0.39 is 0 Å². The van der Waals surface area contributed by atoms with E-state index in [-0.39, 0.29) is 5.79 Å². The molecule has 16 heavy (non-hydrogen) atoms. The zero-order chi connectivity index (χ0) is 11.6. The Hall–Kier alpha value is -0.0800. The summed E-state index contributed by atoms with van der Waals surface area (Å²) < 4.78 is 12.2. The van der Waals surface area contributed by atoms with E-state index in [4.69, 9.17) is 9.47 Å². The van der Waals surface area contributed by atoms with Gasteiger partial charge in [0.25, 0.3) is 0 Å². The lowest BCUT2D eigenvalue weighted by Gasteiger charge is -2.44. The number of hydrogen-bond acceptors (Lipinski definition) is 2. The zero-order valence-electron chi connectivity index (χ0n) is 11.1. The maximum Gasteiger partial charge on any atom is 0.168 e. The van der Waals surface area contributed by atoms with Crippen LogP contribution in [0.3, 0.4) is 0 Å². The first-order chi connectivity index (χ1) is 7.49. The van der Waals surface area contributed by atoms with Gasteiger partial charge in [0.2, 0.25) is 0 Å². The Morgan fingerprint density at radius 2 is 1.81 bits per heavy atom. The van der Waals surface area contributed by atoms with Gasteiger partial charge < -0.3 is 9.47 Å². The van der Waals surface area contributed by atoms with Gasteiger partial charge in [-0.1, -0.05) is 27.2 Å². The minimum atomic E-state index is -0.202. The molecule has 0 N–H and O–H groups in total. The van der Waals surface area contributed by atoms with Crippen molar-refractivity contribution in [2.75, 3.05) is 6.61 Å². The van der Waals surface area contributed by atoms with Crippen LogP contribution in [0.1, 0.15) is 65.7 Å². The van der Waals surface area contributed by atoms with Crippen molar-refractivity contribution in [3.8, 4) is 0 Å². The number of ether oxygens (including phenoxy) is 2. The van der Waals surface area contributed by atoms with Gasteiger partial charge in [0, 0.05) is 12.8 Å². The Labute approximate surface area is 99.7 Å². The monoisotopic (exact) mass is 226 g/mol. The maximum absolute atomic E-state index is 6.27. The highest BCUT2D eigenvalue weighted by Gasteiger charge is 2.40. The Morgan fingerprint density at radius 3 is 2.44 bits per heavy atom. The van der Waals surface area contributed by atoms with Crippen molar-refractivity contribution in [3.05, 3.63) is 0 Å². The second kappa shape index (κ2) is 4.66. The smallest absolute Gasteiger partial charge is 0.168 e. The summed E-state index contributed by atoms with van der Waals surface area (Å²) in [6.45, 7) is 7.76. The van der Waals surface area contributed by atoms with Crippen LogP contribution >= 0.6 is 0 Å². The Balaban J connectivity index is 1.92. The summed E-state index contributed by atoms with van der Waals surface area (Å²) in [5.74, 6) is -0.202. The van der Waals surface area contributed by atoms with Crippen LogP contribution in [-0.4, -0.2) is 18.5 Å². The Kier molecular flexibility index (Phi) is 3.60. The molecule has 1 aliphatic heterocycles. The standard InChI is InChI=1S/C14H26O2/c1-13(2,3)11-12-7-10-15-14(16-12)8-5-4-6-9-14/h12H,4-11H2,1-3H3. The molecule has 0 aromatic rings. The summed E-state index contributed by atoms with van der Waals surface area (Å²) in [4.78, 5) is 0. The predicted molar refractivity (Wildman–Crippen MR) is 65.3 cm³/mol. The maximum atomic E-state index is 6.27. The molecule has 0 aromatic carbocycles. The molecule has 1 unspecified atom stereocenters. The fourth-order valence-corrected chi connectivity index (χ4v) is 2.95. The van der Waals surface area contributed by atoms with Crippen molar-refractivity contribution in [1.82, 2.24) is 0 Å². The quantitative estimate of drug-likeness (QED) is 0.675. The number of rotatable bonds is 1. The van der Waals surface area contributed by atoms with Crippen LogP contribution in [0, 0.1) is 5.41 Å². The van der Waals surface area contributed by atoms with Gasteiger partial charge in [0.15, 0.2) is 5.79 Å². The van der Waals surface area contributed by atoms with Crippen molar-refractivity contribution in [2.24, 2.45) is 5.41 Å². The van der Waals surface area contributed by atoms with Crippen LogP contribution in [0.5, 0.6) is 0 Å². The minimum Gasteiger partial charge on any atom is -0.350 e. The van der Waals surface area contributed by atoms with E-state index in [2.05, 4.69) is 20.8 Å². The molecule has 1 saturated carbocycles. The lowest BCUT2D eigenvalue weighted by atomic mass is 9.86. The van der Waals surface area contributed by atoms with Gasteiger partial charge in [0.1, 0.15) is 0 Å². The molecule has 0 radical (unpaired) electrons. The summed E-state index contributed by atoms with van der Waals surface area (Å²) in [6, 6.07) is 0. The highest BCUT2D eigenvalue weighted by molar-refractivity contribution is 4.82. The molecule has 2 aliphatic rings. The normalized spacial score (nSPS) is 30.6. The summed E-state index contributed by atoms with van der Waals surface area (Å²) in [5, 5.41) is 0. The van der Waals surface area contributed by atoms with Gasteiger partial charge in [0.05, 0.1) is 12.7 Å². The molecule has 1 saturated heterocycles. The molecule has 0 bridgehead atoms. The van der Waals surface area contributed by atoms with Crippen LogP contribution in [0.25, 0.3) is 0 Å². The molecule has 2 rings (SSSR count). The third-order valence-electron chi connectivity index (χ3n) is 3.64. The van der Waals surface area contributed by atoms with Gasteiger partial charge in [-0.2, -0.15) is 0 Å². The van der Waals surface area contributed by atoms with Crippen molar-refractivity contribution in [2.45, 2.75) is 77.6 Å². The summed E-state index contributed by atoms with van der Waals surface area (Å²) >= 11 is 0. The molecule has 1 heterocycles. The third kappa shape index (κ3) is 3.21. The topological polar surface area (TPSA) is 18.5 Å². The van der Waals surface area contributed by atoms with Crippen molar-refractivity contribution in [3.63, 3.8) is 0 Å². The minimum absolute atomic E-state index is 0.202. The van der Waals surface area contributed by atoms with E-state index in [1.807, 2.05) is 0 Å². The summed E-state index contributed by atoms with van der Waals surface area (Å²) in [7, 11) is 0. The van der Waals surface area contributed by atoms with Gasteiger partial charge in [-0.05, 0) is 31.1 Å². The molecule has 1 atom stereocenters. The molecular formula is C14H26O2. The molecular weight excluding hydrogens is 200 g/mol. The molecule has 0 aromatic heterocycles. The first kappa shape index (κ1) is 12.4. The van der Waals surface area contributed by atoms with Crippen LogP contribution in [0.15, 0.2) is 0 Å². The molecule has 2 fully saturated rings. The first-order valence-electron chi connectivity index (χ1n) is 6.81. The fourth-order valence-electron chi connectivity index (χ4n) is 2.95. The Morgan fingerprint density at radius 1 is 1.12 bits per heavy atom. The number of hydrogen-bond donors (Lipinski definition) is 0. The van der Waals surface area contributed by atoms with Gasteiger partial charge in [-0.15, -0.1) is 0 Å². The van der Waals surface area contributed by atoms with Crippen molar-refractivity contribution < 1.29 is 9.47 Å². The zero-order valence-corrected chi connectivity index (χ0v) is 11.1. The van der Waals surface area contributed by atoms with E-state index in [1.165, 1.54) is 19.3 Å². The van der Waals surface area contributed by atoms with E-state index >= 15 is 0 Å². The molecule has 0 amide bonds. The van der Waals surface area contributed by atoms with Gasteiger partial charge >= 0.3 is 0 Å². The highest BCUT2D eigenvalue weighted by Crippen LogP contribution is 2.39. The second-order valence-corrected chi connectivity index (χ2v) is 6.61. The summed E-state index contributed by atoms with van der Waals surface area (Å²) in [5.41, 5.74) is 0.359.